The van der Waals surface area contributed by atoms with E-state index < -0.39 is 29.9 Å². The summed E-state index contributed by atoms with van der Waals surface area (Å²) in [6.45, 7) is 14.0. The summed E-state index contributed by atoms with van der Waals surface area (Å²) in [6, 6.07) is 5.28. The molecule has 2 aliphatic rings. The van der Waals surface area contributed by atoms with Crippen LogP contribution in [0, 0.1) is 0 Å². The van der Waals surface area contributed by atoms with Gasteiger partial charge in [-0.1, -0.05) is 12.1 Å². The zero-order chi connectivity index (χ0) is 26.5. The van der Waals surface area contributed by atoms with Crippen LogP contribution in [0.15, 0.2) is 24.4 Å². The lowest BCUT2D eigenvalue weighted by atomic mass is 9.75. The molecule has 0 radical (unpaired) electrons. The third-order valence-corrected chi connectivity index (χ3v) is 7.07. The Balaban J connectivity index is 1.61. The Labute approximate surface area is 213 Å². The zero-order valence-corrected chi connectivity index (χ0v) is 22.4. The van der Waals surface area contributed by atoms with Crippen LogP contribution in [0.5, 0.6) is 0 Å². The van der Waals surface area contributed by atoms with E-state index in [0.717, 1.165) is 24.1 Å². The molecule has 2 fully saturated rings. The van der Waals surface area contributed by atoms with Gasteiger partial charge in [-0.25, -0.2) is 14.6 Å². The molecule has 4 rings (SSSR count). The molecule has 1 N–H and O–H groups in total. The number of H-pyrrole nitrogens is 1. The molecule has 2 aromatic rings. The van der Waals surface area contributed by atoms with Crippen LogP contribution in [0.2, 0.25) is 0 Å². The number of rotatable bonds is 4. The number of imidazole rings is 1. The highest BCUT2D eigenvalue weighted by Gasteiger charge is 2.52. The molecule has 3 heterocycles. The fourth-order valence-corrected chi connectivity index (χ4v) is 4.43. The lowest BCUT2D eigenvalue weighted by Gasteiger charge is -2.32. The minimum absolute atomic E-state index is 0.197. The fourth-order valence-electron chi connectivity index (χ4n) is 4.43. The van der Waals surface area contributed by atoms with Crippen molar-refractivity contribution in [1.82, 2.24) is 14.9 Å². The average Bonchev–Trinajstić information content (AvgIpc) is 3.49. The molecule has 194 valence electrons. The van der Waals surface area contributed by atoms with Crippen LogP contribution in [-0.2, 0) is 18.8 Å². The van der Waals surface area contributed by atoms with Crippen molar-refractivity contribution in [3.8, 4) is 11.3 Å². The van der Waals surface area contributed by atoms with E-state index in [1.165, 1.54) is 7.11 Å². The highest BCUT2D eigenvalue weighted by atomic mass is 16.7. The number of aromatic nitrogens is 2. The van der Waals surface area contributed by atoms with Gasteiger partial charge >= 0.3 is 19.2 Å². The van der Waals surface area contributed by atoms with Gasteiger partial charge in [0.1, 0.15) is 11.4 Å². The number of nitrogens with one attached hydrogen (secondary N) is 1. The van der Waals surface area contributed by atoms with Crippen LogP contribution in [-0.4, -0.2) is 64.5 Å². The minimum Gasteiger partial charge on any atom is -0.465 e. The molecule has 36 heavy (non-hydrogen) atoms. The number of carbonyl (C=O) groups excluding carboxylic acids is 2. The summed E-state index contributed by atoms with van der Waals surface area (Å²) in [6.07, 6.45) is 3.03. The van der Waals surface area contributed by atoms with E-state index in [1.54, 1.807) is 17.2 Å². The van der Waals surface area contributed by atoms with Gasteiger partial charge in [-0.05, 0) is 72.8 Å². The second-order valence-corrected chi connectivity index (χ2v) is 11.4. The van der Waals surface area contributed by atoms with E-state index in [-0.39, 0.29) is 12.1 Å². The van der Waals surface area contributed by atoms with Crippen LogP contribution in [0.3, 0.4) is 0 Å². The van der Waals surface area contributed by atoms with Crippen molar-refractivity contribution in [1.29, 1.82) is 0 Å². The number of hydrogen-bond donors (Lipinski definition) is 1. The van der Waals surface area contributed by atoms with Gasteiger partial charge in [0.25, 0.3) is 0 Å². The third-order valence-electron chi connectivity index (χ3n) is 7.07. The first-order valence-electron chi connectivity index (χ1n) is 12.4. The second kappa shape index (κ2) is 9.23. The van der Waals surface area contributed by atoms with Crippen LogP contribution >= 0.6 is 0 Å². The van der Waals surface area contributed by atoms with Gasteiger partial charge in [0.2, 0.25) is 0 Å². The molecule has 2 aliphatic heterocycles. The van der Waals surface area contributed by atoms with Crippen LogP contribution < -0.4 is 5.46 Å². The molecule has 0 saturated carbocycles. The number of ether oxygens (including phenoxy) is 2. The minimum atomic E-state index is -0.698. The quantitative estimate of drug-likeness (QED) is 0.498. The van der Waals surface area contributed by atoms with Crippen molar-refractivity contribution in [2.24, 2.45) is 0 Å². The molecule has 0 aliphatic carbocycles. The van der Waals surface area contributed by atoms with Crippen molar-refractivity contribution >= 4 is 24.6 Å². The summed E-state index contributed by atoms with van der Waals surface area (Å²) in [4.78, 5) is 35.1. The smallest absolute Gasteiger partial charge is 0.465 e. The van der Waals surface area contributed by atoms with Gasteiger partial charge in [-0.2, -0.15) is 0 Å². The number of benzene rings is 1. The van der Waals surface area contributed by atoms with Crippen LogP contribution in [0.25, 0.3) is 11.3 Å². The summed E-state index contributed by atoms with van der Waals surface area (Å²) < 4.78 is 23.0. The Bertz CT molecular complexity index is 1140. The molecule has 1 atom stereocenters. The van der Waals surface area contributed by atoms with Crippen molar-refractivity contribution in [3.05, 3.63) is 35.8 Å². The highest BCUT2D eigenvalue weighted by Crippen LogP contribution is 2.37. The van der Waals surface area contributed by atoms with Gasteiger partial charge in [0, 0.05) is 12.1 Å². The van der Waals surface area contributed by atoms with Gasteiger partial charge in [-0.3, -0.25) is 4.90 Å². The number of aromatic amines is 1. The zero-order valence-electron chi connectivity index (χ0n) is 22.4. The summed E-state index contributed by atoms with van der Waals surface area (Å²) in [5.74, 6) is 0.205. The maximum atomic E-state index is 12.7. The Hall–Kier alpha value is -2.85. The Morgan fingerprint density at radius 3 is 2.44 bits per heavy atom. The van der Waals surface area contributed by atoms with Gasteiger partial charge in [0.05, 0.1) is 41.8 Å². The first-order chi connectivity index (χ1) is 16.7. The number of carbonyl (C=O) groups is 2. The second-order valence-electron chi connectivity index (χ2n) is 11.4. The van der Waals surface area contributed by atoms with E-state index in [0.29, 0.717) is 23.4 Å². The first-order valence-corrected chi connectivity index (χ1v) is 12.4. The molecule has 1 aromatic heterocycles. The lowest BCUT2D eigenvalue weighted by molar-refractivity contribution is 0.00578. The molecule has 0 spiro atoms. The van der Waals surface area contributed by atoms with Gasteiger partial charge in [0.15, 0.2) is 0 Å². The Morgan fingerprint density at radius 2 is 1.83 bits per heavy atom. The molecule has 0 unspecified atom stereocenters. The number of methoxy groups -OCH3 is 1. The number of esters is 1. The van der Waals surface area contributed by atoms with Crippen molar-refractivity contribution in [2.75, 3.05) is 13.7 Å². The summed E-state index contributed by atoms with van der Waals surface area (Å²) in [5, 5.41) is 0. The van der Waals surface area contributed by atoms with E-state index >= 15 is 0 Å². The number of amides is 1. The molecule has 9 nitrogen and oxygen atoms in total. The third kappa shape index (κ3) is 5.02. The van der Waals surface area contributed by atoms with Crippen LogP contribution in [0.1, 0.15) is 83.5 Å². The van der Waals surface area contributed by atoms with E-state index in [4.69, 9.17) is 18.8 Å². The molecular weight excluding hydrogens is 461 g/mol. The molecule has 1 amide bonds. The molecule has 1 aromatic carbocycles. The maximum absolute atomic E-state index is 12.7. The van der Waals surface area contributed by atoms with Crippen molar-refractivity contribution < 1.29 is 28.4 Å². The fraction of sp³-hybridized carbons (Fsp3) is 0.577. The predicted octanol–water partition coefficient (Wildman–Crippen LogP) is 4.23. The normalized spacial score (nSPS) is 21.1. The van der Waals surface area contributed by atoms with E-state index in [1.807, 2.05) is 60.6 Å². The monoisotopic (exact) mass is 497 g/mol. The van der Waals surface area contributed by atoms with Crippen LogP contribution in [0.4, 0.5) is 4.79 Å². The highest BCUT2D eigenvalue weighted by molar-refractivity contribution is 6.63. The molecule has 0 bridgehead atoms. The lowest BCUT2D eigenvalue weighted by Crippen LogP contribution is -2.41. The maximum Gasteiger partial charge on any atom is 0.495 e. The van der Waals surface area contributed by atoms with Crippen molar-refractivity contribution in [2.45, 2.75) is 84.2 Å². The summed E-state index contributed by atoms with van der Waals surface area (Å²) in [5.41, 5.74) is 0.814. The Morgan fingerprint density at radius 1 is 1.17 bits per heavy atom. The molecule has 2 saturated heterocycles. The summed E-state index contributed by atoms with van der Waals surface area (Å²) >= 11 is 0. The average molecular weight is 497 g/mol. The standard InChI is InChI=1S/C26H36BN3O6/c1-24(2,3)34-23(32)30-13-9-10-20(30)21-28-15-19(29-21)16-11-12-18(17(14-16)22(31)33-8)27-35-25(4,5)26(6,7)36-27/h11-12,14-15,20H,9-10,13H2,1-8H3,(H,28,29)/t20-/m0/s1. The largest absolute Gasteiger partial charge is 0.495 e. The van der Waals surface area contributed by atoms with E-state index in [2.05, 4.69) is 9.97 Å². The van der Waals surface area contributed by atoms with Gasteiger partial charge < -0.3 is 23.8 Å². The van der Waals surface area contributed by atoms with E-state index in [9.17, 15) is 9.59 Å². The summed E-state index contributed by atoms with van der Waals surface area (Å²) in [7, 11) is 0.652. The predicted molar refractivity (Wildman–Crippen MR) is 136 cm³/mol. The number of nitrogens with zero attached hydrogens (tertiary/aromatic N) is 2. The van der Waals surface area contributed by atoms with Gasteiger partial charge in [-0.15, -0.1) is 0 Å². The number of hydrogen-bond acceptors (Lipinski definition) is 7. The van der Waals surface area contributed by atoms with Crippen molar-refractivity contribution in [3.63, 3.8) is 0 Å². The topological polar surface area (TPSA) is 103 Å². The molecular formula is C26H36BN3O6. The SMILES string of the molecule is COC(=O)c1cc(-c2cnc([C@@H]3CCCN3C(=O)OC(C)(C)C)[nH]2)ccc1B1OC(C)(C)C(C)(C)O1. The number of likely N-dealkylation sites (tertiary alicyclic amines) is 1. The first kappa shape index (κ1) is 26.2. The molecule has 10 heteroatoms. The Kier molecular flexibility index (Phi) is 6.72.